The van der Waals surface area contributed by atoms with E-state index in [0.717, 1.165) is 31.9 Å². The molecule has 5 heteroatoms. The smallest absolute Gasteiger partial charge is 0.123 e. The summed E-state index contributed by atoms with van der Waals surface area (Å²) in [6.07, 6.45) is 3.42. The number of nitrogens with zero attached hydrogens (tertiary/aromatic N) is 4. The van der Waals surface area contributed by atoms with Gasteiger partial charge in [-0.3, -0.25) is 4.57 Å². The molecule has 0 saturated carbocycles. The lowest BCUT2D eigenvalue weighted by Crippen LogP contribution is -2.43. The second-order valence-electron chi connectivity index (χ2n) is 4.12. The quantitative estimate of drug-likeness (QED) is 0.822. The Morgan fingerprint density at radius 2 is 1.47 bits per heavy atom. The summed E-state index contributed by atoms with van der Waals surface area (Å²) in [4.78, 5) is 2.40. The van der Waals surface area contributed by atoms with Gasteiger partial charge in [-0.05, 0) is 24.3 Å². The van der Waals surface area contributed by atoms with Crippen LogP contribution in [0, 0.1) is 0 Å². The Bertz CT molecular complexity index is 456. The molecule has 0 amide bonds. The zero-order valence-electron chi connectivity index (χ0n) is 9.58. The predicted molar refractivity (Wildman–Crippen MR) is 66.4 cm³/mol. The van der Waals surface area contributed by atoms with Gasteiger partial charge in [-0.1, -0.05) is 0 Å². The number of aromatic nitrogens is 3. The molecule has 2 aromatic rings. The molecule has 0 aliphatic carbocycles. The van der Waals surface area contributed by atoms with Crippen LogP contribution in [0.2, 0.25) is 0 Å². The monoisotopic (exact) mass is 229 g/mol. The SMILES string of the molecule is c1cc(-n2cnnc2)ccc1N1CCNCC1. The second kappa shape index (κ2) is 4.55. The fourth-order valence-corrected chi connectivity index (χ4v) is 2.09. The number of anilines is 1. The molecule has 5 nitrogen and oxygen atoms in total. The highest BCUT2D eigenvalue weighted by Crippen LogP contribution is 2.17. The van der Waals surface area contributed by atoms with E-state index in [-0.39, 0.29) is 0 Å². The Labute approximate surface area is 100 Å². The average Bonchev–Trinajstić information content (AvgIpc) is 2.94. The third-order valence-electron chi connectivity index (χ3n) is 3.05. The Morgan fingerprint density at radius 3 is 2.12 bits per heavy atom. The number of piperazine rings is 1. The molecule has 1 aliphatic heterocycles. The molecule has 0 radical (unpaired) electrons. The summed E-state index contributed by atoms with van der Waals surface area (Å²) < 4.78 is 1.90. The van der Waals surface area contributed by atoms with Crippen molar-refractivity contribution in [3.8, 4) is 5.69 Å². The van der Waals surface area contributed by atoms with Crippen LogP contribution in [0.1, 0.15) is 0 Å². The van der Waals surface area contributed by atoms with Gasteiger partial charge in [-0.15, -0.1) is 10.2 Å². The molecule has 1 N–H and O–H groups in total. The maximum absolute atomic E-state index is 3.81. The van der Waals surface area contributed by atoms with Crippen LogP contribution >= 0.6 is 0 Å². The highest BCUT2D eigenvalue weighted by molar-refractivity contribution is 5.51. The van der Waals surface area contributed by atoms with E-state index in [0.29, 0.717) is 0 Å². The standard InChI is InChI=1S/C12H15N5/c1-3-12(17-9-14-15-10-17)4-2-11(1)16-7-5-13-6-8-16/h1-4,9-10,13H,5-8H2. The summed E-state index contributed by atoms with van der Waals surface area (Å²) >= 11 is 0. The van der Waals surface area contributed by atoms with Crippen molar-refractivity contribution in [1.29, 1.82) is 0 Å². The minimum Gasteiger partial charge on any atom is -0.369 e. The third kappa shape index (κ3) is 2.14. The molecule has 1 aliphatic rings. The van der Waals surface area contributed by atoms with E-state index in [9.17, 15) is 0 Å². The molecule has 0 unspecified atom stereocenters. The Balaban J connectivity index is 1.80. The number of rotatable bonds is 2. The van der Waals surface area contributed by atoms with Crippen LogP contribution in [0.25, 0.3) is 5.69 Å². The summed E-state index contributed by atoms with van der Waals surface area (Å²) in [6, 6.07) is 8.50. The summed E-state index contributed by atoms with van der Waals surface area (Å²) in [5, 5.41) is 11.0. The van der Waals surface area contributed by atoms with Gasteiger partial charge in [0.25, 0.3) is 0 Å². The summed E-state index contributed by atoms with van der Waals surface area (Å²) in [5.74, 6) is 0. The van der Waals surface area contributed by atoms with Crippen LogP contribution in [-0.4, -0.2) is 40.9 Å². The lowest BCUT2D eigenvalue weighted by Gasteiger charge is -2.29. The van der Waals surface area contributed by atoms with Gasteiger partial charge in [-0.25, -0.2) is 0 Å². The van der Waals surface area contributed by atoms with Crippen molar-refractivity contribution < 1.29 is 0 Å². The van der Waals surface area contributed by atoms with Crippen LogP contribution < -0.4 is 10.2 Å². The van der Waals surface area contributed by atoms with Crippen molar-refractivity contribution in [2.45, 2.75) is 0 Å². The zero-order valence-corrected chi connectivity index (χ0v) is 9.58. The van der Waals surface area contributed by atoms with Crippen molar-refractivity contribution in [3.63, 3.8) is 0 Å². The highest BCUT2D eigenvalue weighted by Gasteiger charge is 2.09. The van der Waals surface area contributed by atoms with Crippen LogP contribution in [-0.2, 0) is 0 Å². The summed E-state index contributed by atoms with van der Waals surface area (Å²) in [7, 11) is 0. The fourth-order valence-electron chi connectivity index (χ4n) is 2.09. The zero-order chi connectivity index (χ0) is 11.5. The Hall–Kier alpha value is -1.88. The molecule has 0 spiro atoms. The molecule has 0 bridgehead atoms. The fraction of sp³-hybridized carbons (Fsp3) is 0.333. The largest absolute Gasteiger partial charge is 0.369 e. The van der Waals surface area contributed by atoms with Crippen molar-refractivity contribution in [2.75, 3.05) is 31.1 Å². The van der Waals surface area contributed by atoms with E-state index in [4.69, 9.17) is 0 Å². The molecule has 88 valence electrons. The van der Waals surface area contributed by atoms with Crippen molar-refractivity contribution in [2.24, 2.45) is 0 Å². The minimum absolute atomic E-state index is 1.06. The van der Waals surface area contributed by atoms with Crippen molar-refractivity contribution in [3.05, 3.63) is 36.9 Å². The average molecular weight is 229 g/mol. The van der Waals surface area contributed by atoms with E-state index in [1.165, 1.54) is 5.69 Å². The maximum Gasteiger partial charge on any atom is 0.123 e. The molecule has 0 atom stereocenters. The third-order valence-corrected chi connectivity index (χ3v) is 3.05. The molecule has 2 heterocycles. The van der Waals surface area contributed by atoms with Crippen LogP contribution in [0.5, 0.6) is 0 Å². The summed E-state index contributed by atoms with van der Waals surface area (Å²) in [6.45, 7) is 4.28. The molecule has 1 saturated heterocycles. The molecular formula is C12H15N5. The van der Waals surface area contributed by atoms with Gasteiger partial charge in [-0.2, -0.15) is 0 Å². The first-order valence-corrected chi connectivity index (χ1v) is 5.84. The lowest BCUT2D eigenvalue weighted by molar-refractivity contribution is 0.589. The summed E-state index contributed by atoms with van der Waals surface area (Å²) in [5.41, 5.74) is 2.37. The number of hydrogen-bond acceptors (Lipinski definition) is 4. The molecule has 17 heavy (non-hydrogen) atoms. The van der Waals surface area contributed by atoms with Gasteiger partial charge in [0.2, 0.25) is 0 Å². The van der Waals surface area contributed by atoms with E-state index in [2.05, 4.69) is 44.7 Å². The first kappa shape index (κ1) is 10.3. The minimum atomic E-state index is 1.06. The van der Waals surface area contributed by atoms with Crippen LogP contribution in [0.4, 0.5) is 5.69 Å². The lowest BCUT2D eigenvalue weighted by atomic mass is 10.2. The molecule has 1 aromatic carbocycles. The number of benzene rings is 1. The van der Waals surface area contributed by atoms with E-state index >= 15 is 0 Å². The normalized spacial score (nSPS) is 16.1. The number of nitrogens with one attached hydrogen (secondary N) is 1. The van der Waals surface area contributed by atoms with Crippen LogP contribution in [0.15, 0.2) is 36.9 Å². The van der Waals surface area contributed by atoms with E-state index < -0.39 is 0 Å². The maximum atomic E-state index is 3.81. The topological polar surface area (TPSA) is 46.0 Å². The van der Waals surface area contributed by atoms with Gasteiger partial charge in [0, 0.05) is 37.6 Å². The second-order valence-corrected chi connectivity index (χ2v) is 4.12. The van der Waals surface area contributed by atoms with Gasteiger partial charge in [0.15, 0.2) is 0 Å². The van der Waals surface area contributed by atoms with Gasteiger partial charge >= 0.3 is 0 Å². The Morgan fingerprint density at radius 1 is 0.882 bits per heavy atom. The predicted octanol–water partition coefficient (Wildman–Crippen LogP) is 0.677. The van der Waals surface area contributed by atoms with E-state index in [1.54, 1.807) is 12.7 Å². The van der Waals surface area contributed by atoms with Crippen molar-refractivity contribution >= 4 is 5.69 Å². The molecule has 1 aromatic heterocycles. The van der Waals surface area contributed by atoms with Gasteiger partial charge < -0.3 is 10.2 Å². The highest BCUT2D eigenvalue weighted by atomic mass is 15.2. The van der Waals surface area contributed by atoms with Gasteiger partial charge in [0.1, 0.15) is 12.7 Å². The first-order chi connectivity index (χ1) is 8.43. The van der Waals surface area contributed by atoms with Crippen LogP contribution in [0.3, 0.4) is 0 Å². The molecule has 1 fully saturated rings. The Kier molecular flexibility index (Phi) is 2.75. The van der Waals surface area contributed by atoms with Crippen molar-refractivity contribution in [1.82, 2.24) is 20.1 Å². The first-order valence-electron chi connectivity index (χ1n) is 5.84. The van der Waals surface area contributed by atoms with Gasteiger partial charge in [0.05, 0.1) is 0 Å². The van der Waals surface area contributed by atoms with E-state index in [1.807, 2.05) is 4.57 Å². The molecule has 3 rings (SSSR count). The number of hydrogen-bond donors (Lipinski definition) is 1. The molecular weight excluding hydrogens is 214 g/mol.